The van der Waals surface area contributed by atoms with Gasteiger partial charge in [0.05, 0.1) is 16.7 Å². The van der Waals surface area contributed by atoms with Crippen molar-refractivity contribution in [1.82, 2.24) is 9.97 Å². The van der Waals surface area contributed by atoms with E-state index in [1.165, 1.54) is 5.57 Å². The van der Waals surface area contributed by atoms with Crippen LogP contribution in [-0.4, -0.2) is 15.7 Å². The summed E-state index contributed by atoms with van der Waals surface area (Å²) in [5, 5.41) is 4.49. The lowest BCUT2D eigenvalue weighted by Gasteiger charge is -2.29. The Morgan fingerprint density at radius 2 is 2.05 bits per heavy atom. The molecular formula is C16H20N4. The van der Waals surface area contributed by atoms with Gasteiger partial charge < -0.3 is 4.98 Å². The molecule has 0 spiro atoms. The van der Waals surface area contributed by atoms with Crippen molar-refractivity contribution in [1.29, 1.82) is 0 Å². The van der Waals surface area contributed by atoms with E-state index in [0.717, 1.165) is 29.6 Å². The number of para-hydroxylation sites is 2. The molecule has 2 N–H and O–H groups in total. The molecule has 20 heavy (non-hydrogen) atoms. The van der Waals surface area contributed by atoms with E-state index in [4.69, 9.17) is 0 Å². The fraction of sp³-hybridized carbons (Fsp3) is 0.375. The summed E-state index contributed by atoms with van der Waals surface area (Å²) in [6, 6.07) is 7.97. The number of allylic oxidation sites excluding steroid dienone is 2. The maximum atomic E-state index is 4.49. The van der Waals surface area contributed by atoms with Crippen LogP contribution in [0.15, 0.2) is 41.0 Å². The predicted octanol–water partition coefficient (Wildman–Crippen LogP) is 4.10. The molecule has 0 bridgehead atoms. The fourth-order valence-electron chi connectivity index (χ4n) is 2.90. The van der Waals surface area contributed by atoms with Crippen LogP contribution in [0.2, 0.25) is 0 Å². The highest BCUT2D eigenvalue weighted by molar-refractivity contribution is 5.97. The Morgan fingerprint density at radius 1 is 1.25 bits per heavy atom. The first-order valence-corrected chi connectivity index (χ1v) is 6.96. The Bertz CT molecular complexity index is 658. The van der Waals surface area contributed by atoms with Gasteiger partial charge in [0.15, 0.2) is 0 Å². The second-order valence-corrected chi connectivity index (χ2v) is 6.33. The smallest absolute Gasteiger partial charge is 0.222 e. The molecule has 0 fully saturated rings. The van der Waals surface area contributed by atoms with Crippen LogP contribution >= 0.6 is 0 Å². The molecule has 0 atom stereocenters. The van der Waals surface area contributed by atoms with E-state index in [0.29, 0.717) is 5.95 Å². The largest absolute Gasteiger partial charge is 0.323 e. The number of hydrazone groups is 1. The summed E-state index contributed by atoms with van der Waals surface area (Å²) in [4.78, 5) is 7.68. The fourth-order valence-corrected chi connectivity index (χ4v) is 2.90. The lowest BCUT2D eigenvalue weighted by Crippen LogP contribution is -2.22. The van der Waals surface area contributed by atoms with Crippen molar-refractivity contribution in [3.8, 4) is 0 Å². The molecule has 1 aliphatic carbocycles. The summed E-state index contributed by atoms with van der Waals surface area (Å²) in [7, 11) is 0. The Hall–Kier alpha value is -2.10. The minimum atomic E-state index is 0.285. The van der Waals surface area contributed by atoms with Gasteiger partial charge in [-0.25, -0.2) is 10.4 Å². The summed E-state index contributed by atoms with van der Waals surface area (Å²) in [5.74, 6) is 0.688. The van der Waals surface area contributed by atoms with Crippen molar-refractivity contribution >= 4 is 22.7 Å². The first kappa shape index (κ1) is 12.9. The quantitative estimate of drug-likeness (QED) is 0.806. The van der Waals surface area contributed by atoms with Crippen molar-refractivity contribution in [3.63, 3.8) is 0 Å². The molecule has 4 nitrogen and oxygen atoms in total. The summed E-state index contributed by atoms with van der Waals surface area (Å²) in [6.45, 7) is 6.72. The summed E-state index contributed by atoms with van der Waals surface area (Å²) < 4.78 is 0. The lowest BCUT2D eigenvalue weighted by atomic mass is 9.77. The number of imidazole rings is 1. The number of benzene rings is 1. The molecule has 0 saturated carbocycles. The second kappa shape index (κ2) is 4.78. The summed E-state index contributed by atoms with van der Waals surface area (Å²) in [5.41, 5.74) is 7.76. The van der Waals surface area contributed by atoms with Crippen LogP contribution in [-0.2, 0) is 0 Å². The molecule has 2 aromatic rings. The van der Waals surface area contributed by atoms with Gasteiger partial charge in [0, 0.05) is 0 Å². The van der Waals surface area contributed by atoms with E-state index < -0.39 is 0 Å². The van der Waals surface area contributed by atoms with Gasteiger partial charge in [0.25, 0.3) is 0 Å². The van der Waals surface area contributed by atoms with Crippen LogP contribution in [0.1, 0.15) is 33.6 Å². The highest BCUT2D eigenvalue weighted by atomic mass is 15.4. The summed E-state index contributed by atoms with van der Waals surface area (Å²) >= 11 is 0. The van der Waals surface area contributed by atoms with E-state index in [1.807, 2.05) is 24.3 Å². The average Bonchev–Trinajstić information content (AvgIpc) is 2.76. The number of fused-ring (bicyclic) bond motifs is 1. The van der Waals surface area contributed by atoms with Crippen molar-refractivity contribution in [2.45, 2.75) is 33.6 Å². The molecule has 0 radical (unpaired) electrons. The number of rotatable bonds is 2. The number of anilines is 1. The lowest BCUT2D eigenvalue weighted by molar-refractivity contribution is 0.373. The van der Waals surface area contributed by atoms with Gasteiger partial charge in [-0.2, -0.15) is 5.10 Å². The molecule has 4 heteroatoms. The van der Waals surface area contributed by atoms with E-state index in [1.54, 1.807) is 0 Å². The van der Waals surface area contributed by atoms with Gasteiger partial charge in [0.2, 0.25) is 5.95 Å². The third-order valence-electron chi connectivity index (χ3n) is 3.52. The van der Waals surface area contributed by atoms with Crippen molar-refractivity contribution in [3.05, 3.63) is 35.9 Å². The third-order valence-corrected chi connectivity index (χ3v) is 3.52. The highest BCUT2D eigenvalue weighted by Crippen LogP contribution is 2.33. The van der Waals surface area contributed by atoms with Crippen LogP contribution in [0.5, 0.6) is 0 Å². The first-order chi connectivity index (χ1) is 9.52. The van der Waals surface area contributed by atoms with Crippen LogP contribution in [0.25, 0.3) is 11.0 Å². The van der Waals surface area contributed by atoms with Gasteiger partial charge in [-0.15, -0.1) is 0 Å². The van der Waals surface area contributed by atoms with Gasteiger partial charge >= 0.3 is 0 Å². The van der Waals surface area contributed by atoms with E-state index >= 15 is 0 Å². The number of nitrogens with one attached hydrogen (secondary N) is 2. The minimum Gasteiger partial charge on any atom is -0.323 e. The molecule has 0 unspecified atom stereocenters. The Morgan fingerprint density at radius 3 is 2.80 bits per heavy atom. The zero-order valence-corrected chi connectivity index (χ0v) is 12.2. The van der Waals surface area contributed by atoms with Crippen LogP contribution in [0.3, 0.4) is 0 Å². The monoisotopic (exact) mass is 268 g/mol. The van der Waals surface area contributed by atoms with E-state index in [2.05, 4.69) is 47.3 Å². The minimum absolute atomic E-state index is 0.285. The van der Waals surface area contributed by atoms with Crippen LogP contribution in [0.4, 0.5) is 5.95 Å². The standard InChI is InChI=1S/C16H20N4/c1-11-8-12(10-16(2,3)9-11)19-20-15-17-13-6-4-5-7-14(13)18-15/h4-8H,9-10H2,1-3H3,(H2,17,18,20)/b19-12-. The van der Waals surface area contributed by atoms with Gasteiger partial charge in [-0.3, -0.25) is 0 Å². The highest BCUT2D eigenvalue weighted by Gasteiger charge is 2.24. The molecule has 3 rings (SSSR count). The maximum Gasteiger partial charge on any atom is 0.222 e. The Balaban J connectivity index is 1.81. The molecular weight excluding hydrogens is 248 g/mol. The number of hydrogen-bond donors (Lipinski definition) is 2. The molecule has 1 aliphatic rings. The molecule has 1 aromatic heterocycles. The maximum absolute atomic E-state index is 4.49. The molecule has 104 valence electrons. The van der Waals surface area contributed by atoms with Crippen molar-refractivity contribution < 1.29 is 0 Å². The van der Waals surface area contributed by atoms with Crippen LogP contribution < -0.4 is 5.43 Å². The zero-order chi connectivity index (χ0) is 14.2. The Labute approximate surface area is 119 Å². The number of aromatic nitrogens is 2. The third kappa shape index (κ3) is 2.74. The van der Waals surface area contributed by atoms with E-state index in [-0.39, 0.29) is 5.41 Å². The number of nitrogens with zero attached hydrogens (tertiary/aromatic N) is 2. The number of hydrogen-bond acceptors (Lipinski definition) is 3. The van der Waals surface area contributed by atoms with Gasteiger partial charge in [-0.05, 0) is 43.4 Å². The van der Waals surface area contributed by atoms with E-state index in [9.17, 15) is 0 Å². The van der Waals surface area contributed by atoms with Gasteiger partial charge in [0.1, 0.15) is 0 Å². The average molecular weight is 268 g/mol. The zero-order valence-electron chi connectivity index (χ0n) is 12.2. The topological polar surface area (TPSA) is 53.1 Å². The molecule has 1 heterocycles. The van der Waals surface area contributed by atoms with Gasteiger partial charge in [-0.1, -0.05) is 31.6 Å². The Kier molecular flexibility index (Phi) is 3.08. The van der Waals surface area contributed by atoms with Crippen molar-refractivity contribution in [2.24, 2.45) is 10.5 Å². The van der Waals surface area contributed by atoms with Crippen molar-refractivity contribution in [2.75, 3.05) is 5.43 Å². The van der Waals surface area contributed by atoms with Crippen LogP contribution in [0, 0.1) is 5.41 Å². The SMILES string of the molecule is CC1=C/C(=N/Nc2nc3ccccc3[nH]2)CC(C)(C)C1. The molecule has 0 amide bonds. The summed E-state index contributed by atoms with van der Waals surface area (Å²) in [6.07, 6.45) is 4.29. The first-order valence-electron chi connectivity index (χ1n) is 6.96. The molecule has 0 saturated heterocycles. The second-order valence-electron chi connectivity index (χ2n) is 6.33. The predicted molar refractivity (Wildman–Crippen MR) is 83.9 cm³/mol. The number of aromatic amines is 1. The normalized spacial score (nSPS) is 20.1. The number of H-pyrrole nitrogens is 1. The molecule has 0 aliphatic heterocycles. The molecule has 1 aromatic carbocycles.